The average Bonchev–Trinajstić information content (AvgIpc) is 3.36. The summed E-state index contributed by atoms with van der Waals surface area (Å²) >= 11 is 0. The third-order valence-electron chi connectivity index (χ3n) is 11.1. The van der Waals surface area contributed by atoms with Crippen LogP contribution in [-0.2, 0) is 16.0 Å². The molecule has 1 aliphatic heterocycles. The Kier molecular flexibility index (Phi) is 4.77. The summed E-state index contributed by atoms with van der Waals surface area (Å²) in [4.78, 5) is 29.2. The van der Waals surface area contributed by atoms with E-state index in [0.717, 1.165) is 32.1 Å². The van der Waals surface area contributed by atoms with Gasteiger partial charge in [0.05, 0.1) is 23.6 Å². The first kappa shape index (κ1) is 22.5. The number of carbonyl (C=O) groups is 2. The Bertz CT molecular complexity index is 1290. The van der Waals surface area contributed by atoms with Crippen molar-refractivity contribution < 1.29 is 14.7 Å². The predicted octanol–water partition coefficient (Wildman–Crippen LogP) is 5.79. The Morgan fingerprint density at radius 2 is 1.69 bits per heavy atom. The van der Waals surface area contributed by atoms with Crippen molar-refractivity contribution in [2.75, 3.05) is 4.90 Å². The number of hydrogen-bond acceptors (Lipinski definition) is 3. The lowest BCUT2D eigenvalue weighted by molar-refractivity contribution is -0.122. The molecular formula is C32H35NO3. The van der Waals surface area contributed by atoms with Crippen molar-refractivity contribution in [3.05, 3.63) is 71.3 Å². The minimum atomic E-state index is -0.304. The van der Waals surface area contributed by atoms with E-state index in [2.05, 4.69) is 38.1 Å². The maximum atomic E-state index is 13.9. The molecule has 2 aromatic carbocycles. The van der Waals surface area contributed by atoms with E-state index in [1.165, 1.54) is 33.6 Å². The molecule has 2 aromatic rings. The highest BCUT2D eigenvalue weighted by Crippen LogP contribution is 2.69. The van der Waals surface area contributed by atoms with Crippen LogP contribution in [0.3, 0.4) is 0 Å². The lowest BCUT2D eigenvalue weighted by Crippen LogP contribution is -2.41. The summed E-state index contributed by atoms with van der Waals surface area (Å²) < 4.78 is 0. The number of fused-ring (bicyclic) bond motifs is 7. The fourth-order valence-electron chi connectivity index (χ4n) is 9.10. The van der Waals surface area contributed by atoms with E-state index < -0.39 is 0 Å². The van der Waals surface area contributed by atoms with Gasteiger partial charge in [-0.15, -0.1) is 0 Å². The number of nitrogens with zero attached hydrogens (tertiary/aromatic N) is 1. The zero-order chi connectivity index (χ0) is 24.8. The number of imide groups is 1. The molecule has 4 nitrogen and oxygen atoms in total. The predicted molar refractivity (Wildman–Crippen MR) is 140 cm³/mol. The first-order valence-corrected chi connectivity index (χ1v) is 13.7. The van der Waals surface area contributed by atoms with Gasteiger partial charge in [0.25, 0.3) is 0 Å². The van der Waals surface area contributed by atoms with Crippen LogP contribution in [0.2, 0.25) is 0 Å². The maximum absolute atomic E-state index is 13.9. The molecule has 1 N–H and O–H groups in total. The van der Waals surface area contributed by atoms with Gasteiger partial charge in [-0.3, -0.25) is 14.5 Å². The molecule has 0 aromatic heterocycles. The van der Waals surface area contributed by atoms with Gasteiger partial charge in [-0.1, -0.05) is 61.9 Å². The topological polar surface area (TPSA) is 57.6 Å². The Morgan fingerprint density at radius 1 is 0.944 bits per heavy atom. The molecule has 0 spiro atoms. The molecular weight excluding hydrogens is 446 g/mol. The highest BCUT2D eigenvalue weighted by molar-refractivity contribution is 6.23. The standard InChI is InChI=1S/C32H35NO3/c1-31(2)21-14-15-32(31,26(34)17-21)18-20-16-25-28(24-13-12-19-8-6-7-11-23(19)27(20)24)30(36)33(29(25)35)22-9-4-3-5-10-22/h3-11,21,24-26,28,34H,12-18H2,1-2H3/t21-,24+,25+,26-,28-,32-/m1/s1. The van der Waals surface area contributed by atoms with Gasteiger partial charge in [0.15, 0.2) is 0 Å². The van der Waals surface area contributed by atoms with Crippen LogP contribution in [0.1, 0.15) is 63.5 Å². The van der Waals surface area contributed by atoms with Crippen LogP contribution in [0, 0.1) is 34.5 Å². The molecule has 6 atom stereocenters. The molecule has 36 heavy (non-hydrogen) atoms. The van der Waals surface area contributed by atoms with Crippen LogP contribution in [-0.4, -0.2) is 23.0 Å². The molecule has 0 unspecified atom stereocenters. The summed E-state index contributed by atoms with van der Waals surface area (Å²) in [5.41, 5.74) is 5.90. The SMILES string of the molecule is CC1(C)[C@@H]2CC[C@@]1(CC1=C3c4ccccc4CC[C@@H]3[C@H]3C(=O)N(c4ccccc4)C(=O)[C@H]3C1)[C@H](O)C2. The summed E-state index contributed by atoms with van der Waals surface area (Å²) in [6, 6.07) is 18.1. The van der Waals surface area contributed by atoms with Gasteiger partial charge in [-0.05, 0) is 91.0 Å². The van der Waals surface area contributed by atoms with E-state index in [1.807, 2.05) is 30.3 Å². The van der Waals surface area contributed by atoms with Gasteiger partial charge in [0.1, 0.15) is 0 Å². The third kappa shape index (κ3) is 2.80. The van der Waals surface area contributed by atoms with Crippen LogP contribution in [0.15, 0.2) is 60.2 Å². The molecule has 4 heteroatoms. The first-order valence-electron chi connectivity index (χ1n) is 13.7. The molecule has 2 amide bonds. The van der Waals surface area contributed by atoms with Crippen LogP contribution >= 0.6 is 0 Å². The summed E-state index contributed by atoms with van der Waals surface area (Å²) in [7, 11) is 0. The van der Waals surface area contributed by atoms with Crippen LogP contribution in [0.25, 0.3) is 5.57 Å². The van der Waals surface area contributed by atoms with Crippen molar-refractivity contribution in [3.8, 4) is 0 Å². The summed E-state index contributed by atoms with van der Waals surface area (Å²) in [6.07, 6.45) is 6.14. The van der Waals surface area contributed by atoms with E-state index in [4.69, 9.17) is 0 Å². The van der Waals surface area contributed by atoms with Crippen molar-refractivity contribution in [1.29, 1.82) is 0 Å². The smallest absolute Gasteiger partial charge is 0.238 e. The van der Waals surface area contributed by atoms with Crippen LogP contribution in [0.4, 0.5) is 5.69 Å². The molecule has 186 valence electrons. The fourth-order valence-corrected chi connectivity index (χ4v) is 9.10. The number of aryl methyl sites for hydroxylation is 1. The van der Waals surface area contributed by atoms with Gasteiger partial charge < -0.3 is 5.11 Å². The number of allylic oxidation sites excluding steroid dienone is 2. The van der Waals surface area contributed by atoms with Crippen molar-refractivity contribution in [2.45, 2.75) is 64.9 Å². The monoisotopic (exact) mass is 481 g/mol. The number of rotatable bonds is 3. The second kappa shape index (κ2) is 7.64. The molecule has 3 fully saturated rings. The van der Waals surface area contributed by atoms with Gasteiger partial charge in [0.2, 0.25) is 11.8 Å². The summed E-state index contributed by atoms with van der Waals surface area (Å²) in [5.74, 6) is -0.0413. The second-order valence-electron chi connectivity index (χ2n) is 12.5. The minimum absolute atomic E-state index is 0.0301. The lowest BCUT2D eigenvalue weighted by atomic mass is 9.58. The minimum Gasteiger partial charge on any atom is -0.393 e. The van der Waals surface area contributed by atoms with E-state index >= 15 is 0 Å². The number of hydrogen-bond donors (Lipinski definition) is 1. The number of aliphatic hydroxyl groups excluding tert-OH is 1. The molecule has 0 radical (unpaired) electrons. The molecule has 1 heterocycles. The zero-order valence-electron chi connectivity index (χ0n) is 21.2. The van der Waals surface area contributed by atoms with E-state index in [9.17, 15) is 14.7 Å². The van der Waals surface area contributed by atoms with E-state index in [-0.39, 0.29) is 46.5 Å². The van der Waals surface area contributed by atoms with Gasteiger partial charge in [-0.25, -0.2) is 0 Å². The highest BCUT2D eigenvalue weighted by Gasteiger charge is 2.64. The number of anilines is 1. The van der Waals surface area contributed by atoms with Crippen molar-refractivity contribution >= 4 is 23.1 Å². The Hall–Kier alpha value is -2.72. The zero-order valence-corrected chi connectivity index (χ0v) is 21.2. The number of aliphatic hydroxyl groups is 1. The maximum Gasteiger partial charge on any atom is 0.238 e. The van der Waals surface area contributed by atoms with Gasteiger partial charge in [-0.2, -0.15) is 0 Å². The normalized spacial score (nSPS) is 36.2. The van der Waals surface area contributed by atoms with Crippen molar-refractivity contribution in [2.24, 2.45) is 34.5 Å². The van der Waals surface area contributed by atoms with E-state index in [1.54, 1.807) is 0 Å². The number of benzene rings is 2. The molecule has 2 saturated carbocycles. The lowest BCUT2D eigenvalue weighted by Gasteiger charge is -2.45. The van der Waals surface area contributed by atoms with Gasteiger partial charge in [0, 0.05) is 5.41 Å². The molecule has 7 rings (SSSR count). The quantitative estimate of drug-likeness (QED) is 0.565. The molecule has 2 bridgehead atoms. The number of para-hydroxylation sites is 1. The summed E-state index contributed by atoms with van der Waals surface area (Å²) in [5, 5.41) is 11.3. The molecule has 4 aliphatic carbocycles. The third-order valence-corrected chi connectivity index (χ3v) is 11.1. The van der Waals surface area contributed by atoms with Crippen molar-refractivity contribution in [3.63, 3.8) is 0 Å². The average molecular weight is 482 g/mol. The number of amides is 2. The van der Waals surface area contributed by atoms with Crippen molar-refractivity contribution in [1.82, 2.24) is 0 Å². The fraction of sp³-hybridized carbons (Fsp3) is 0.500. The largest absolute Gasteiger partial charge is 0.393 e. The van der Waals surface area contributed by atoms with E-state index in [0.29, 0.717) is 18.0 Å². The highest BCUT2D eigenvalue weighted by atomic mass is 16.3. The Labute approximate surface area is 213 Å². The Morgan fingerprint density at radius 3 is 2.42 bits per heavy atom. The molecule has 5 aliphatic rings. The van der Waals surface area contributed by atoms with Crippen LogP contribution < -0.4 is 4.90 Å². The molecule has 1 saturated heterocycles. The Balaban J connectivity index is 1.36. The second-order valence-corrected chi connectivity index (χ2v) is 12.5. The summed E-state index contributed by atoms with van der Waals surface area (Å²) in [6.45, 7) is 4.71. The van der Waals surface area contributed by atoms with Crippen LogP contribution in [0.5, 0.6) is 0 Å². The first-order chi connectivity index (χ1) is 17.3. The number of carbonyl (C=O) groups excluding carboxylic acids is 2. The van der Waals surface area contributed by atoms with Gasteiger partial charge >= 0.3 is 0 Å².